The Labute approximate surface area is 107 Å². The van der Waals surface area contributed by atoms with Gasteiger partial charge in [-0.2, -0.15) is 0 Å². The molecule has 4 nitrogen and oxygen atoms in total. The van der Waals surface area contributed by atoms with Crippen molar-refractivity contribution in [3.8, 4) is 17.2 Å². The molecule has 0 atom stereocenters. The minimum Gasteiger partial charge on any atom is -0.507 e. The van der Waals surface area contributed by atoms with Gasteiger partial charge in [-0.1, -0.05) is 19.3 Å². The predicted octanol–water partition coefficient (Wildman–Crippen LogP) is 2.28. The highest BCUT2D eigenvalue weighted by Crippen LogP contribution is 2.48. The maximum absolute atomic E-state index is 10.2. The molecule has 1 saturated carbocycles. The van der Waals surface area contributed by atoms with Gasteiger partial charge in [0.05, 0.1) is 5.56 Å². The Morgan fingerprint density at radius 1 is 1.06 bits per heavy atom. The van der Waals surface area contributed by atoms with E-state index in [0.29, 0.717) is 24.7 Å². The van der Waals surface area contributed by atoms with Crippen LogP contribution < -0.4 is 15.2 Å². The summed E-state index contributed by atoms with van der Waals surface area (Å²) in [7, 11) is 0. The second-order valence-electron chi connectivity index (χ2n) is 5.20. The van der Waals surface area contributed by atoms with Crippen LogP contribution in [0.15, 0.2) is 12.1 Å². The Morgan fingerprint density at radius 2 is 1.78 bits per heavy atom. The van der Waals surface area contributed by atoms with Gasteiger partial charge < -0.3 is 20.3 Å². The van der Waals surface area contributed by atoms with Gasteiger partial charge in [0, 0.05) is 5.54 Å². The van der Waals surface area contributed by atoms with Crippen LogP contribution in [0.1, 0.15) is 37.7 Å². The maximum atomic E-state index is 10.2. The average Bonchev–Trinajstić information content (AvgIpc) is 2.39. The van der Waals surface area contributed by atoms with Crippen molar-refractivity contribution in [1.82, 2.24) is 0 Å². The highest BCUT2D eigenvalue weighted by Gasteiger charge is 2.36. The Kier molecular flexibility index (Phi) is 2.82. The first-order valence-corrected chi connectivity index (χ1v) is 6.62. The monoisotopic (exact) mass is 249 g/mol. The molecular weight excluding hydrogens is 230 g/mol. The zero-order chi connectivity index (χ0) is 12.6. The first-order chi connectivity index (χ1) is 8.71. The molecule has 18 heavy (non-hydrogen) atoms. The summed E-state index contributed by atoms with van der Waals surface area (Å²) < 4.78 is 11.3. The molecule has 0 radical (unpaired) electrons. The molecule has 4 heteroatoms. The predicted molar refractivity (Wildman–Crippen MR) is 68.0 cm³/mol. The molecule has 0 aromatic heterocycles. The van der Waals surface area contributed by atoms with Crippen molar-refractivity contribution in [2.75, 3.05) is 13.2 Å². The minimum absolute atomic E-state index is 0.226. The van der Waals surface area contributed by atoms with Crippen LogP contribution in [0.25, 0.3) is 0 Å². The number of rotatable bonds is 1. The largest absolute Gasteiger partial charge is 0.507 e. The number of hydrogen-bond acceptors (Lipinski definition) is 4. The van der Waals surface area contributed by atoms with E-state index in [1.807, 2.05) is 0 Å². The molecule has 98 valence electrons. The quantitative estimate of drug-likeness (QED) is 0.801. The van der Waals surface area contributed by atoms with E-state index in [4.69, 9.17) is 15.2 Å². The lowest BCUT2D eigenvalue weighted by Crippen LogP contribution is -2.39. The fourth-order valence-corrected chi connectivity index (χ4v) is 3.02. The van der Waals surface area contributed by atoms with Crippen LogP contribution in [0, 0.1) is 0 Å². The molecule has 1 aliphatic heterocycles. The van der Waals surface area contributed by atoms with Gasteiger partial charge in [0.2, 0.25) is 0 Å². The number of phenolic OH excluding ortho intramolecular Hbond substituents is 1. The van der Waals surface area contributed by atoms with Crippen molar-refractivity contribution >= 4 is 0 Å². The Hall–Kier alpha value is -1.42. The second kappa shape index (κ2) is 4.35. The van der Waals surface area contributed by atoms with Crippen LogP contribution in [0.3, 0.4) is 0 Å². The molecule has 0 amide bonds. The van der Waals surface area contributed by atoms with Crippen LogP contribution in [0.2, 0.25) is 0 Å². The highest BCUT2D eigenvalue weighted by molar-refractivity contribution is 5.57. The van der Waals surface area contributed by atoms with E-state index in [1.54, 1.807) is 12.1 Å². The number of aromatic hydroxyl groups is 1. The summed E-state index contributed by atoms with van der Waals surface area (Å²) in [6, 6.07) is 3.41. The van der Waals surface area contributed by atoms with Crippen molar-refractivity contribution in [3.63, 3.8) is 0 Å². The summed E-state index contributed by atoms with van der Waals surface area (Å²) in [5.74, 6) is 1.57. The molecule has 0 unspecified atom stereocenters. The number of nitrogens with two attached hydrogens (primary N) is 1. The summed E-state index contributed by atoms with van der Waals surface area (Å²) in [5.41, 5.74) is 6.77. The smallest absolute Gasteiger partial charge is 0.170 e. The lowest BCUT2D eigenvalue weighted by Gasteiger charge is -2.36. The summed E-state index contributed by atoms with van der Waals surface area (Å²) in [6.07, 6.45) is 5.19. The molecule has 2 aliphatic rings. The highest BCUT2D eigenvalue weighted by atomic mass is 16.6. The molecule has 0 bridgehead atoms. The topological polar surface area (TPSA) is 64.7 Å². The molecule has 1 aliphatic carbocycles. The fraction of sp³-hybridized carbons (Fsp3) is 0.571. The van der Waals surface area contributed by atoms with Gasteiger partial charge in [-0.25, -0.2) is 0 Å². The molecule has 3 rings (SSSR count). The molecule has 1 aromatic carbocycles. The van der Waals surface area contributed by atoms with Crippen molar-refractivity contribution < 1.29 is 14.6 Å². The lowest BCUT2D eigenvalue weighted by molar-refractivity contribution is 0.162. The SMILES string of the molecule is NC1(c2c(O)ccc3c2OCCO3)CCCCC1. The maximum Gasteiger partial charge on any atom is 0.170 e. The Morgan fingerprint density at radius 3 is 2.56 bits per heavy atom. The number of ether oxygens (including phenoxy) is 2. The zero-order valence-electron chi connectivity index (χ0n) is 10.4. The number of benzene rings is 1. The van der Waals surface area contributed by atoms with E-state index in [2.05, 4.69) is 0 Å². The van der Waals surface area contributed by atoms with Gasteiger partial charge in [-0.3, -0.25) is 0 Å². The van der Waals surface area contributed by atoms with Gasteiger partial charge in [-0.15, -0.1) is 0 Å². The lowest BCUT2D eigenvalue weighted by atomic mass is 9.76. The molecular formula is C14H19NO3. The Bertz CT molecular complexity index is 453. The van der Waals surface area contributed by atoms with Crippen molar-refractivity contribution in [1.29, 1.82) is 0 Å². The van der Waals surface area contributed by atoms with Crippen LogP contribution >= 0.6 is 0 Å². The van der Waals surface area contributed by atoms with Crippen molar-refractivity contribution in [2.24, 2.45) is 5.73 Å². The van der Waals surface area contributed by atoms with E-state index in [1.165, 1.54) is 6.42 Å². The van der Waals surface area contributed by atoms with Gasteiger partial charge >= 0.3 is 0 Å². The first-order valence-electron chi connectivity index (χ1n) is 6.62. The normalized spacial score (nSPS) is 21.6. The molecule has 0 saturated heterocycles. The van der Waals surface area contributed by atoms with Gasteiger partial charge in [0.1, 0.15) is 19.0 Å². The van der Waals surface area contributed by atoms with Crippen LogP contribution in [0.4, 0.5) is 0 Å². The first kappa shape index (κ1) is 11.7. The third-order valence-corrected chi connectivity index (χ3v) is 3.93. The fourth-order valence-electron chi connectivity index (χ4n) is 3.02. The van der Waals surface area contributed by atoms with E-state index >= 15 is 0 Å². The number of phenols is 1. The van der Waals surface area contributed by atoms with Crippen LogP contribution in [-0.2, 0) is 5.54 Å². The summed E-state index contributed by atoms with van der Waals surface area (Å²) in [4.78, 5) is 0. The van der Waals surface area contributed by atoms with Crippen molar-refractivity contribution in [2.45, 2.75) is 37.6 Å². The third kappa shape index (κ3) is 1.81. The van der Waals surface area contributed by atoms with Crippen molar-refractivity contribution in [3.05, 3.63) is 17.7 Å². The van der Waals surface area contributed by atoms with E-state index in [-0.39, 0.29) is 5.75 Å². The zero-order valence-corrected chi connectivity index (χ0v) is 10.4. The van der Waals surface area contributed by atoms with E-state index in [0.717, 1.165) is 31.2 Å². The standard InChI is InChI=1S/C14H19NO3/c15-14(6-2-1-3-7-14)12-10(16)4-5-11-13(12)18-9-8-17-11/h4-5,16H,1-3,6-9,15H2. The molecule has 1 aromatic rings. The third-order valence-electron chi connectivity index (χ3n) is 3.93. The number of fused-ring (bicyclic) bond motifs is 1. The van der Waals surface area contributed by atoms with E-state index < -0.39 is 5.54 Å². The molecule has 0 spiro atoms. The van der Waals surface area contributed by atoms with Gasteiger partial charge in [0.25, 0.3) is 0 Å². The van der Waals surface area contributed by atoms with Crippen LogP contribution in [0.5, 0.6) is 17.2 Å². The summed E-state index contributed by atoms with van der Waals surface area (Å²) >= 11 is 0. The van der Waals surface area contributed by atoms with Gasteiger partial charge in [0.15, 0.2) is 11.5 Å². The molecule has 1 fully saturated rings. The minimum atomic E-state index is -0.478. The van der Waals surface area contributed by atoms with E-state index in [9.17, 15) is 5.11 Å². The van der Waals surface area contributed by atoms with Crippen LogP contribution in [-0.4, -0.2) is 18.3 Å². The average molecular weight is 249 g/mol. The number of hydrogen-bond donors (Lipinski definition) is 2. The van der Waals surface area contributed by atoms with Gasteiger partial charge in [-0.05, 0) is 25.0 Å². The summed E-state index contributed by atoms with van der Waals surface area (Å²) in [6.45, 7) is 1.06. The second-order valence-corrected chi connectivity index (χ2v) is 5.20. The Balaban J connectivity index is 2.09. The molecule has 3 N–H and O–H groups in total. The molecule has 1 heterocycles. The summed E-state index contributed by atoms with van der Waals surface area (Å²) in [5, 5.41) is 10.2.